The Morgan fingerprint density at radius 2 is 1.22 bits per heavy atom. The van der Waals surface area contributed by atoms with Crippen molar-refractivity contribution in [2.75, 3.05) is 0 Å². The SMILES string of the molecule is Clc1ccc(N=CC=Nc2ccc(Cl)cn2)nc1. The number of aliphatic imine (C=N–C) groups is 2. The van der Waals surface area contributed by atoms with Crippen LogP contribution in [0.5, 0.6) is 0 Å². The summed E-state index contributed by atoms with van der Waals surface area (Å²) in [6.07, 6.45) is 6.14. The summed E-state index contributed by atoms with van der Waals surface area (Å²) in [7, 11) is 0. The van der Waals surface area contributed by atoms with Crippen molar-refractivity contribution < 1.29 is 0 Å². The number of nitrogens with zero attached hydrogens (tertiary/aromatic N) is 4. The Hall–Kier alpha value is -1.78. The predicted octanol–water partition coefficient (Wildman–Crippen LogP) is 3.89. The topological polar surface area (TPSA) is 50.5 Å². The number of rotatable bonds is 3. The minimum atomic E-state index is 0.565. The fraction of sp³-hybridized carbons (Fsp3) is 0. The van der Waals surface area contributed by atoms with Crippen LogP contribution in [0.2, 0.25) is 10.0 Å². The van der Waals surface area contributed by atoms with Gasteiger partial charge in [-0.05, 0) is 24.3 Å². The highest BCUT2D eigenvalue weighted by Crippen LogP contribution is 2.12. The van der Waals surface area contributed by atoms with E-state index in [1.807, 2.05) is 0 Å². The van der Waals surface area contributed by atoms with Gasteiger partial charge in [-0.2, -0.15) is 0 Å². The van der Waals surface area contributed by atoms with Gasteiger partial charge in [0.1, 0.15) is 0 Å². The van der Waals surface area contributed by atoms with Crippen LogP contribution in [-0.2, 0) is 0 Å². The molecule has 0 N–H and O–H groups in total. The summed E-state index contributed by atoms with van der Waals surface area (Å²) in [5, 5.41) is 1.15. The summed E-state index contributed by atoms with van der Waals surface area (Å²) in [5.74, 6) is 1.13. The van der Waals surface area contributed by atoms with Gasteiger partial charge in [-0.3, -0.25) is 0 Å². The molecule has 90 valence electrons. The zero-order valence-electron chi connectivity index (χ0n) is 9.16. The second kappa shape index (κ2) is 6.23. The third-order valence-corrected chi connectivity index (χ3v) is 2.35. The standard InChI is InChI=1S/C12H8Cl2N4/c13-9-1-3-11(17-7-9)15-5-6-16-12-4-2-10(14)8-18-12/h1-8H. The lowest BCUT2D eigenvalue weighted by Crippen LogP contribution is -1.79. The second-order valence-electron chi connectivity index (χ2n) is 3.23. The van der Waals surface area contributed by atoms with Crippen molar-refractivity contribution in [2.24, 2.45) is 9.98 Å². The first-order valence-corrected chi connectivity index (χ1v) is 5.79. The van der Waals surface area contributed by atoms with E-state index in [2.05, 4.69) is 20.0 Å². The van der Waals surface area contributed by atoms with Gasteiger partial charge >= 0.3 is 0 Å². The highest BCUT2D eigenvalue weighted by molar-refractivity contribution is 6.30. The van der Waals surface area contributed by atoms with E-state index >= 15 is 0 Å². The van der Waals surface area contributed by atoms with Gasteiger partial charge in [-0.1, -0.05) is 23.2 Å². The van der Waals surface area contributed by atoms with Crippen molar-refractivity contribution in [1.82, 2.24) is 9.97 Å². The number of hydrogen-bond acceptors (Lipinski definition) is 4. The van der Waals surface area contributed by atoms with Crippen LogP contribution in [0.25, 0.3) is 0 Å². The first-order valence-electron chi connectivity index (χ1n) is 5.04. The van der Waals surface area contributed by atoms with Gasteiger partial charge in [0, 0.05) is 24.8 Å². The Morgan fingerprint density at radius 3 is 1.56 bits per heavy atom. The molecule has 0 aliphatic carbocycles. The lowest BCUT2D eigenvalue weighted by Gasteiger charge is -1.91. The van der Waals surface area contributed by atoms with Crippen molar-refractivity contribution in [3.05, 3.63) is 46.7 Å². The molecule has 0 aliphatic heterocycles. The van der Waals surface area contributed by atoms with Crippen LogP contribution in [-0.4, -0.2) is 22.4 Å². The van der Waals surface area contributed by atoms with Crippen molar-refractivity contribution in [3.63, 3.8) is 0 Å². The smallest absolute Gasteiger partial charge is 0.151 e. The van der Waals surface area contributed by atoms with Gasteiger partial charge in [0.25, 0.3) is 0 Å². The third kappa shape index (κ3) is 3.91. The fourth-order valence-corrected chi connectivity index (χ4v) is 1.33. The first kappa shape index (κ1) is 12.7. The van der Waals surface area contributed by atoms with E-state index in [-0.39, 0.29) is 0 Å². The molecule has 0 radical (unpaired) electrons. The average molecular weight is 279 g/mol. The molecule has 6 heteroatoms. The lowest BCUT2D eigenvalue weighted by atomic mass is 10.4. The predicted molar refractivity (Wildman–Crippen MR) is 74.8 cm³/mol. The number of pyridine rings is 2. The number of aromatic nitrogens is 2. The summed E-state index contributed by atoms with van der Waals surface area (Å²) in [5.41, 5.74) is 0. The van der Waals surface area contributed by atoms with Crippen LogP contribution in [0, 0.1) is 0 Å². The molecule has 2 heterocycles. The molecular weight excluding hydrogens is 271 g/mol. The number of hydrogen-bond donors (Lipinski definition) is 0. The monoisotopic (exact) mass is 278 g/mol. The molecule has 2 aromatic rings. The highest BCUT2D eigenvalue weighted by Gasteiger charge is 1.90. The Morgan fingerprint density at radius 1 is 0.778 bits per heavy atom. The fourth-order valence-electron chi connectivity index (χ4n) is 1.11. The van der Waals surface area contributed by atoms with Crippen LogP contribution in [0.3, 0.4) is 0 Å². The van der Waals surface area contributed by atoms with E-state index in [4.69, 9.17) is 23.2 Å². The average Bonchev–Trinajstić information content (AvgIpc) is 2.39. The molecule has 0 spiro atoms. The molecule has 0 aliphatic rings. The Labute approximate surface area is 114 Å². The van der Waals surface area contributed by atoms with Crippen LogP contribution >= 0.6 is 23.2 Å². The van der Waals surface area contributed by atoms with Gasteiger partial charge in [0.15, 0.2) is 11.6 Å². The highest BCUT2D eigenvalue weighted by atomic mass is 35.5. The maximum Gasteiger partial charge on any atom is 0.151 e. The van der Waals surface area contributed by atoms with Gasteiger partial charge in [0.05, 0.1) is 10.0 Å². The molecule has 0 atom stereocenters. The van der Waals surface area contributed by atoms with E-state index < -0.39 is 0 Å². The lowest BCUT2D eigenvalue weighted by molar-refractivity contribution is 1.28. The molecule has 2 rings (SSSR count). The van der Waals surface area contributed by atoms with Gasteiger partial charge in [0.2, 0.25) is 0 Å². The zero-order chi connectivity index (χ0) is 12.8. The maximum absolute atomic E-state index is 5.71. The van der Waals surface area contributed by atoms with Crippen molar-refractivity contribution in [3.8, 4) is 0 Å². The first-order chi connectivity index (χ1) is 8.74. The normalized spacial score (nSPS) is 11.4. The molecule has 0 aromatic carbocycles. The van der Waals surface area contributed by atoms with Crippen molar-refractivity contribution in [2.45, 2.75) is 0 Å². The maximum atomic E-state index is 5.71. The molecule has 0 amide bonds. The molecule has 0 bridgehead atoms. The van der Waals surface area contributed by atoms with E-state index in [0.717, 1.165) is 0 Å². The molecule has 0 unspecified atom stereocenters. The van der Waals surface area contributed by atoms with Crippen LogP contribution in [0.4, 0.5) is 11.6 Å². The van der Waals surface area contributed by atoms with Crippen LogP contribution < -0.4 is 0 Å². The van der Waals surface area contributed by atoms with Crippen molar-refractivity contribution >= 4 is 47.3 Å². The van der Waals surface area contributed by atoms with Gasteiger partial charge in [-0.25, -0.2) is 20.0 Å². The summed E-state index contributed by atoms with van der Waals surface area (Å²) in [6.45, 7) is 0. The molecule has 18 heavy (non-hydrogen) atoms. The molecule has 4 nitrogen and oxygen atoms in total. The second-order valence-corrected chi connectivity index (χ2v) is 4.10. The summed E-state index contributed by atoms with van der Waals surface area (Å²) >= 11 is 11.4. The molecule has 0 fully saturated rings. The third-order valence-electron chi connectivity index (χ3n) is 1.90. The molecule has 0 saturated heterocycles. The Bertz CT molecular complexity index is 508. The van der Waals surface area contributed by atoms with E-state index in [0.29, 0.717) is 21.7 Å². The molecule has 0 saturated carbocycles. The summed E-state index contributed by atoms with van der Waals surface area (Å²) in [4.78, 5) is 16.2. The van der Waals surface area contributed by atoms with E-state index in [1.165, 1.54) is 24.8 Å². The Kier molecular flexibility index (Phi) is 4.39. The summed E-state index contributed by atoms with van der Waals surface area (Å²) in [6, 6.07) is 6.87. The zero-order valence-corrected chi connectivity index (χ0v) is 10.7. The van der Waals surface area contributed by atoms with Gasteiger partial charge < -0.3 is 0 Å². The molecular formula is C12H8Cl2N4. The molecule has 2 aromatic heterocycles. The van der Waals surface area contributed by atoms with Crippen LogP contribution in [0.1, 0.15) is 0 Å². The number of halogens is 2. The van der Waals surface area contributed by atoms with Gasteiger partial charge in [-0.15, -0.1) is 0 Å². The van der Waals surface area contributed by atoms with Crippen molar-refractivity contribution in [1.29, 1.82) is 0 Å². The van der Waals surface area contributed by atoms with Crippen LogP contribution in [0.15, 0.2) is 46.6 Å². The van der Waals surface area contributed by atoms with E-state index in [1.54, 1.807) is 24.3 Å². The minimum Gasteiger partial charge on any atom is -0.236 e. The minimum absolute atomic E-state index is 0.565. The quantitative estimate of drug-likeness (QED) is 0.800. The summed E-state index contributed by atoms with van der Waals surface area (Å²) < 4.78 is 0. The Balaban J connectivity index is 1.98. The largest absolute Gasteiger partial charge is 0.236 e. The van der Waals surface area contributed by atoms with E-state index in [9.17, 15) is 0 Å².